The normalized spacial score (nSPS) is 23.7. The minimum Gasteiger partial charge on any atom is -0.493 e. The molecule has 0 bridgehead atoms. The van der Waals surface area contributed by atoms with E-state index >= 15 is 0 Å². The molecule has 2 heterocycles. The number of benzene rings is 1. The number of para-hydroxylation sites is 1. The number of carbonyl (C=O) groups excluding carboxylic acids is 1. The van der Waals surface area contributed by atoms with Crippen LogP contribution in [-0.2, 0) is 11.2 Å². The molecule has 0 aromatic heterocycles. The van der Waals surface area contributed by atoms with Crippen molar-refractivity contribution in [2.45, 2.75) is 45.1 Å². The van der Waals surface area contributed by atoms with E-state index in [1.165, 1.54) is 12.0 Å². The Hall–Kier alpha value is -1.55. The van der Waals surface area contributed by atoms with Gasteiger partial charge in [0.1, 0.15) is 5.75 Å². The summed E-state index contributed by atoms with van der Waals surface area (Å²) in [6.45, 7) is 4.98. The molecule has 1 saturated heterocycles. The topological polar surface area (TPSA) is 50.4 Å². The van der Waals surface area contributed by atoms with E-state index in [4.69, 9.17) is 4.74 Å². The third-order valence-electron chi connectivity index (χ3n) is 4.81. The first-order valence-corrected chi connectivity index (χ1v) is 8.52. The summed E-state index contributed by atoms with van der Waals surface area (Å²) in [6, 6.07) is 6.36. The Morgan fingerprint density at radius 3 is 3.09 bits per heavy atom. The van der Waals surface area contributed by atoms with Crippen LogP contribution in [0.5, 0.6) is 5.75 Å². The van der Waals surface area contributed by atoms with Crippen LogP contribution in [0.4, 0.5) is 0 Å². The number of rotatable bonds is 5. The van der Waals surface area contributed by atoms with Gasteiger partial charge in [-0.25, -0.2) is 0 Å². The Morgan fingerprint density at radius 2 is 2.32 bits per heavy atom. The van der Waals surface area contributed by atoms with E-state index in [-0.39, 0.29) is 11.9 Å². The second kappa shape index (κ2) is 7.14. The fraction of sp³-hybridized carbons (Fsp3) is 0.611. The van der Waals surface area contributed by atoms with Gasteiger partial charge >= 0.3 is 0 Å². The van der Waals surface area contributed by atoms with Gasteiger partial charge in [0.2, 0.25) is 5.91 Å². The molecule has 2 aliphatic heterocycles. The summed E-state index contributed by atoms with van der Waals surface area (Å²) in [7, 11) is 0. The van der Waals surface area contributed by atoms with Crippen molar-refractivity contribution in [1.29, 1.82) is 0 Å². The monoisotopic (exact) mass is 302 g/mol. The van der Waals surface area contributed by atoms with E-state index in [2.05, 4.69) is 35.8 Å². The molecule has 3 rings (SSSR count). The molecule has 1 amide bonds. The molecular weight excluding hydrogens is 276 g/mol. The Bertz CT molecular complexity index is 524. The predicted octanol–water partition coefficient (Wildman–Crippen LogP) is 2.58. The van der Waals surface area contributed by atoms with Crippen molar-refractivity contribution in [2.75, 3.05) is 19.7 Å². The molecule has 1 aromatic rings. The average molecular weight is 302 g/mol. The van der Waals surface area contributed by atoms with Crippen molar-refractivity contribution >= 4 is 5.91 Å². The molecule has 2 atom stereocenters. The maximum Gasteiger partial charge on any atom is 0.220 e. The third-order valence-corrected chi connectivity index (χ3v) is 4.81. The lowest BCUT2D eigenvalue weighted by Gasteiger charge is -2.28. The van der Waals surface area contributed by atoms with E-state index in [1.54, 1.807) is 0 Å². The van der Waals surface area contributed by atoms with Crippen molar-refractivity contribution < 1.29 is 9.53 Å². The van der Waals surface area contributed by atoms with Crippen LogP contribution in [-0.4, -0.2) is 25.6 Å². The number of nitrogens with one attached hydrogen (secondary N) is 2. The molecule has 120 valence electrons. The molecule has 22 heavy (non-hydrogen) atoms. The summed E-state index contributed by atoms with van der Waals surface area (Å²) in [5.41, 5.74) is 2.37. The van der Waals surface area contributed by atoms with Crippen molar-refractivity contribution in [3.8, 4) is 5.75 Å². The minimum absolute atomic E-state index is 0.101. The van der Waals surface area contributed by atoms with Crippen LogP contribution in [0, 0.1) is 5.92 Å². The van der Waals surface area contributed by atoms with Crippen LogP contribution >= 0.6 is 0 Å². The van der Waals surface area contributed by atoms with E-state index in [1.807, 2.05) is 0 Å². The summed E-state index contributed by atoms with van der Waals surface area (Å²) < 4.78 is 5.84. The van der Waals surface area contributed by atoms with Crippen LogP contribution < -0.4 is 15.4 Å². The molecule has 0 radical (unpaired) electrons. The highest BCUT2D eigenvalue weighted by molar-refractivity contribution is 5.76. The number of carbonyl (C=O) groups is 1. The van der Waals surface area contributed by atoms with Crippen LogP contribution in [0.2, 0.25) is 0 Å². The zero-order valence-electron chi connectivity index (χ0n) is 13.4. The van der Waals surface area contributed by atoms with Gasteiger partial charge in [-0.2, -0.15) is 0 Å². The lowest BCUT2D eigenvalue weighted by molar-refractivity contribution is -0.122. The number of hydrogen-bond acceptors (Lipinski definition) is 3. The SMILES string of the molecule is CCc1cccc2c1OCCC2NC(=O)CCC1CCNC1. The van der Waals surface area contributed by atoms with Crippen LogP contribution in [0.3, 0.4) is 0 Å². The van der Waals surface area contributed by atoms with E-state index in [9.17, 15) is 4.79 Å². The van der Waals surface area contributed by atoms with E-state index in [0.717, 1.165) is 43.7 Å². The van der Waals surface area contributed by atoms with Gasteiger partial charge in [-0.3, -0.25) is 4.79 Å². The highest BCUT2D eigenvalue weighted by Crippen LogP contribution is 2.35. The van der Waals surface area contributed by atoms with Gasteiger partial charge in [-0.05, 0) is 43.8 Å². The first-order valence-electron chi connectivity index (χ1n) is 8.52. The highest BCUT2D eigenvalue weighted by Gasteiger charge is 2.25. The molecule has 0 spiro atoms. The van der Waals surface area contributed by atoms with Gasteiger partial charge in [0.05, 0.1) is 12.6 Å². The Kier molecular flexibility index (Phi) is 4.98. The molecule has 2 N–H and O–H groups in total. The largest absolute Gasteiger partial charge is 0.493 e. The zero-order chi connectivity index (χ0) is 15.4. The summed E-state index contributed by atoms with van der Waals surface area (Å²) in [5, 5.41) is 6.57. The van der Waals surface area contributed by atoms with Crippen LogP contribution in [0.25, 0.3) is 0 Å². The summed E-state index contributed by atoms with van der Waals surface area (Å²) >= 11 is 0. The summed E-state index contributed by atoms with van der Waals surface area (Å²) in [6.07, 6.45) is 4.64. The second-order valence-corrected chi connectivity index (χ2v) is 6.34. The average Bonchev–Trinajstić information content (AvgIpc) is 3.06. The fourth-order valence-electron chi connectivity index (χ4n) is 3.48. The van der Waals surface area contributed by atoms with Crippen LogP contribution in [0.1, 0.15) is 49.8 Å². The number of fused-ring (bicyclic) bond motifs is 1. The summed E-state index contributed by atoms with van der Waals surface area (Å²) in [4.78, 5) is 12.3. The first-order chi connectivity index (χ1) is 10.8. The molecular formula is C18H26N2O2. The van der Waals surface area contributed by atoms with E-state index < -0.39 is 0 Å². The second-order valence-electron chi connectivity index (χ2n) is 6.34. The number of hydrogen-bond donors (Lipinski definition) is 2. The standard InChI is InChI=1S/C18H26N2O2/c1-2-14-4-3-5-15-16(9-11-22-18(14)15)20-17(21)7-6-13-8-10-19-12-13/h3-5,13,16,19H,2,6-12H2,1H3,(H,20,21). The van der Waals surface area contributed by atoms with Gasteiger partial charge in [0.15, 0.2) is 0 Å². The Morgan fingerprint density at radius 1 is 1.41 bits per heavy atom. The zero-order valence-corrected chi connectivity index (χ0v) is 13.4. The maximum atomic E-state index is 12.3. The number of amides is 1. The van der Waals surface area contributed by atoms with Crippen LogP contribution in [0.15, 0.2) is 18.2 Å². The molecule has 2 unspecified atom stereocenters. The summed E-state index contributed by atoms with van der Waals surface area (Å²) in [5.74, 6) is 1.83. The Labute approximate surface area is 132 Å². The molecule has 2 aliphatic rings. The van der Waals surface area contributed by atoms with Crippen molar-refractivity contribution in [3.05, 3.63) is 29.3 Å². The van der Waals surface area contributed by atoms with Gasteiger partial charge in [-0.15, -0.1) is 0 Å². The Balaban J connectivity index is 1.60. The molecule has 0 aliphatic carbocycles. The molecule has 4 nitrogen and oxygen atoms in total. The van der Waals surface area contributed by atoms with Gasteiger partial charge in [-0.1, -0.05) is 25.1 Å². The lowest BCUT2D eigenvalue weighted by Crippen LogP contribution is -2.32. The molecule has 1 fully saturated rings. The third kappa shape index (κ3) is 3.43. The number of ether oxygens (including phenoxy) is 1. The van der Waals surface area contributed by atoms with Crippen molar-refractivity contribution in [3.63, 3.8) is 0 Å². The molecule has 4 heteroatoms. The molecule has 0 saturated carbocycles. The number of aryl methyl sites for hydroxylation is 1. The minimum atomic E-state index is 0.101. The molecule has 1 aromatic carbocycles. The predicted molar refractivity (Wildman–Crippen MR) is 87.0 cm³/mol. The van der Waals surface area contributed by atoms with Crippen molar-refractivity contribution in [1.82, 2.24) is 10.6 Å². The van der Waals surface area contributed by atoms with Gasteiger partial charge < -0.3 is 15.4 Å². The lowest BCUT2D eigenvalue weighted by atomic mass is 9.96. The highest BCUT2D eigenvalue weighted by atomic mass is 16.5. The quantitative estimate of drug-likeness (QED) is 0.879. The van der Waals surface area contributed by atoms with Gasteiger partial charge in [0.25, 0.3) is 0 Å². The smallest absolute Gasteiger partial charge is 0.220 e. The first kappa shape index (κ1) is 15.3. The maximum absolute atomic E-state index is 12.3. The van der Waals surface area contributed by atoms with E-state index in [0.29, 0.717) is 18.9 Å². The van der Waals surface area contributed by atoms with Gasteiger partial charge in [0, 0.05) is 18.4 Å². The van der Waals surface area contributed by atoms with Crippen molar-refractivity contribution in [2.24, 2.45) is 5.92 Å². The fourth-order valence-corrected chi connectivity index (χ4v) is 3.48.